The summed E-state index contributed by atoms with van der Waals surface area (Å²) in [5.74, 6) is -1.93. The second-order valence-corrected chi connectivity index (χ2v) is 17.1. The summed E-state index contributed by atoms with van der Waals surface area (Å²) in [6.45, 7) is 9.50. The van der Waals surface area contributed by atoms with E-state index in [1.54, 1.807) is 0 Å². The first-order valence-corrected chi connectivity index (χ1v) is 15.9. The molecule has 1 N–H and O–H groups in total. The zero-order valence-corrected chi connectivity index (χ0v) is 23.7. The monoisotopic (exact) mass is 614 g/mol. The Morgan fingerprint density at radius 1 is 1.29 bits per heavy atom. The van der Waals surface area contributed by atoms with Gasteiger partial charge in [-0.2, -0.15) is 0 Å². The molecule has 34 heavy (non-hydrogen) atoms. The fourth-order valence-corrected chi connectivity index (χ4v) is 5.33. The lowest BCUT2D eigenvalue weighted by atomic mass is 10.0. The molecule has 0 atom stereocenters. The van der Waals surface area contributed by atoms with Crippen LogP contribution in [0.4, 0.5) is 15.8 Å². The lowest BCUT2D eigenvalue weighted by molar-refractivity contribution is -0.385. The minimum Gasteiger partial charge on any atom is -0.542 e. The van der Waals surface area contributed by atoms with Crippen LogP contribution in [0.25, 0.3) is 0 Å². The Hall–Kier alpha value is -1.73. The second kappa shape index (κ2) is 10.1. The van der Waals surface area contributed by atoms with E-state index in [2.05, 4.69) is 20.7 Å². The number of nitrogens with one attached hydrogen (secondary N) is 1. The molecule has 8 nitrogen and oxygen atoms in total. The van der Waals surface area contributed by atoms with Gasteiger partial charge in [0.05, 0.1) is 20.5 Å². The first-order valence-electron chi connectivity index (χ1n) is 9.68. The number of carbonyl (C=O) groups is 1. The molecule has 186 valence electrons. The summed E-state index contributed by atoms with van der Waals surface area (Å²) in [7, 11) is -6.75. The number of ketones is 1. The van der Waals surface area contributed by atoms with Crippen LogP contribution in [0, 0.1) is 15.9 Å². The Morgan fingerprint density at radius 2 is 1.88 bits per heavy atom. The van der Waals surface area contributed by atoms with E-state index < -0.39 is 51.3 Å². The number of halogens is 4. The van der Waals surface area contributed by atoms with Crippen molar-refractivity contribution < 1.29 is 27.0 Å². The van der Waals surface area contributed by atoms with E-state index in [4.69, 9.17) is 27.6 Å². The number of alkyl halides is 1. The summed E-state index contributed by atoms with van der Waals surface area (Å²) in [4.78, 5) is 24.4. The fraction of sp³-hybridized carbons (Fsp3) is 0.350. The van der Waals surface area contributed by atoms with Crippen molar-refractivity contribution in [1.82, 2.24) is 0 Å². The zero-order chi connectivity index (χ0) is 26.2. The van der Waals surface area contributed by atoms with Crippen LogP contribution in [0.3, 0.4) is 0 Å². The van der Waals surface area contributed by atoms with Gasteiger partial charge in [0.15, 0.2) is 0 Å². The highest BCUT2D eigenvalue weighted by Crippen LogP contribution is 2.46. The number of hydrogen-bond donors (Lipinski definition) is 1. The molecule has 0 aliphatic rings. The molecule has 0 aliphatic heterocycles. The highest BCUT2D eigenvalue weighted by molar-refractivity contribution is 9.10. The van der Waals surface area contributed by atoms with Gasteiger partial charge in [0, 0.05) is 5.56 Å². The minimum absolute atomic E-state index is 0.142. The van der Waals surface area contributed by atoms with Crippen LogP contribution >= 0.6 is 39.1 Å². The van der Waals surface area contributed by atoms with Crippen LogP contribution in [-0.4, -0.2) is 32.7 Å². The van der Waals surface area contributed by atoms with Gasteiger partial charge >= 0.3 is 0 Å². The Morgan fingerprint density at radius 3 is 2.38 bits per heavy atom. The Balaban J connectivity index is 2.91. The maximum absolute atomic E-state index is 13.8. The van der Waals surface area contributed by atoms with Crippen LogP contribution in [0.15, 0.2) is 28.7 Å². The number of nitrogens with zero attached hydrogens (tertiary/aromatic N) is 1. The third-order valence-electron chi connectivity index (χ3n) is 5.38. The van der Waals surface area contributed by atoms with Gasteiger partial charge < -0.3 is 4.43 Å². The molecule has 0 bridgehead atoms. The Kier molecular flexibility index (Phi) is 8.46. The van der Waals surface area contributed by atoms with Gasteiger partial charge in [-0.15, -0.1) is 11.6 Å². The first-order chi connectivity index (χ1) is 15.4. The SMILES string of the molecule is CC(C)(C)[Si](C)(C)Oc1cc([N+](=O)[O-])c(C(=O)c2cc(F)ccc2Cl)c(Br)c1NS(=O)(=O)CCl. The normalized spacial score (nSPS) is 12.4. The van der Waals surface area contributed by atoms with Crippen molar-refractivity contribution >= 4 is 74.6 Å². The van der Waals surface area contributed by atoms with Crippen molar-refractivity contribution in [3.8, 4) is 5.75 Å². The second-order valence-electron chi connectivity index (χ2n) is 8.86. The van der Waals surface area contributed by atoms with Crippen molar-refractivity contribution in [3.05, 3.63) is 60.8 Å². The first kappa shape index (κ1) is 28.5. The topological polar surface area (TPSA) is 116 Å². The Labute approximate surface area is 216 Å². The maximum Gasteiger partial charge on any atom is 0.285 e. The molecule has 0 aliphatic carbocycles. The molecule has 0 saturated carbocycles. The van der Waals surface area contributed by atoms with Gasteiger partial charge in [-0.3, -0.25) is 19.6 Å². The third kappa shape index (κ3) is 6.09. The summed E-state index contributed by atoms with van der Waals surface area (Å²) in [6.07, 6.45) is 0. The molecule has 0 radical (unpaired) electrons. The summed E-state index contributed by atoms with van der Waals surface area (Å²) >= 11 is 14.7. The molecule has 14 heteroatoms. The van der Waals surface area contributed by atoms with Gasteiger partial charge in [-0.1, -0.05) is 32.4 Å². The molecular weight excluding hydrogens is 594 g/mol. The van der Waals surface area contributed by atoms with Crippen molar-refractivity contribution in [2.24, 2.45) is 0 Å². The van der Waals surface area contributed by atoms with E-state index in [0.29, 0.717) is 0 Å². The highest BCUT2D eigenvalue weighted by Gasteiger charge is 2.41. The van der Waals surface area contributed by atoms with Crippen molar-refractivity contribution in [2.45, 2.75) is 38.9 Å². The molecule has 0 heterocycles. The largest absolute Gasteiger partial charge is 0.542 e. The maximum atomic E-state index is 13.8. The van der Waals surface area contributed by atoms with E-state index in [1.165, 1.54) is 0 Å². The lowest BCUT2D eigenvalue weighted by Crippen LogP contribution is -2.44. The van der Waals surface area contributed by atoms with Gasteiger partial charge in [0.1, 0.15) is 28.0 Å². The number of nitro groups is 1. The van der Waals surface area contributed by atoms with Crippen LogP contribution in [-0.2, 0) is 10.0 Å². The molecule has 2 aromatic carbocycles. The zero-order valence-electron chi connectivity index (χ0n) is 18.8. The molecule has 2 rings (SSSR count). The van der Waals surface area contributed by atoms with E-state index in [-0.39, 0.29) is 31.5 Å². The summed E-state index contributed by atoms with van der Waals surface area (Å²) in [5.41, 5.74) is -1.80. The number of benzene rings is 2. The van der Waals surface area contributed by atoms with Crippen LogP contribution in [0.5, 0.6) is 5.75 Å². The van der Waals surface area contributed by atoms with Crippen LogP contribution in [0.2, 0.25) is 23.2 Å². The quantitative estimate of drug-likeness (QED) is 0.116. The van der Waals surface area contributed by atoms with Crippen LogP contribution in [0.1, 0.15) is 36.7 Å². The van der Waals surface area contributed by atoms with E-state index in [1.807, 2.05) is 33.9 Å². The third-order valence-corrected chi connectivity index (χ3v) is 12.5. The molecule has 0 fully saturated rings. The van der Waals surface area contributed by atoms with Crippen molar-refractivity contribution in [3.63, 3.8) is 0 Å². The standard InChI is InChI=1S/C20H22BrCl2FN2O6SSi/c1-20(2,3)34(4,5)32-15-9-14(26(28)29)16(17(21)18(15)25-33(30,31)10-22)19(27)12-8-11(24)6-7-13(12)23/h6-9,25H,10H2,1-5H3. The van der Waals surface area contributed by atoms with Gasteiger partial charge in [0.25, 0.3) is 14.0 Å². The van der Waals surface area contributed by atoms with Crippen LogP contribution < -0.4 is 9.15 Å². The number of anilines is 1. The molecule has 2 aromatic rings. The molecule has 0 unspecified atom stereocenters. The Bertz CT molecular complexity index is 1270. The number of sulfonamides is 1. The van der Waals surface area contributed by atoms with Crippen molar-refractivity contribution in [1.29, 1.82) is 0 Å². The number of hydrogen-bond acceptors (Lipinski definition) is 6. The van der Waals surface area contributed by atoms with Gasteiger partial charge in [0.2, 0.25) is 15.8 Å². The molecule has 0 amide bonds. The van der Waals surface area contributed by atoms with E-state index in [0.717, 1.165) is 24.3 Å². The molecule has 0 saturated heterocycles. The summed E-state index contributed by atoms with van der Waals surface area (Å²) in [6, 6.07) is 3.97. The summed E-state index contributed by atoms with van der Waals surface area (Å²) in [5, 5.41) is 10.6. The fourth-order valence-electron chi connectivity index (χ4n) is 2.57. The van der Waals surface area contributed by atoms with E-state index >= 15 is 0 Å². The predicted molar refractivity (Wildman–Crippen MR) is 137 cm³/mol. The molecule has 0 spiro atoms. The average Bonchev–Trinajstić information content (AvgIpc) is 2.70. The molecular formula is C20H22BrCl2FN2O6SSi. The summed E-state index contributed by atoms with van der Waals surface area (Å²) < 4.78 is 46.6. The van der Waals surface area contributed by atoms with Gasteiger partial charge in [-0.05, 0) is 52.3 Å². The van der Waals surface area contributed by atoms with Gasteiger partial charge in [-0.25, -0.2) is 12.8 Å². The average molecular weight is 616 g/mol. The smallest absolute Gasteiger partial charge is 0.285 e. The van der Waals surface area contributed by atoms with E-state index in [9.17, 15) is 27.7 Å². The predicted octanol–water partition coefficient (Wildman–Crippen LogP) is 6.70. The minimum atomic E-state index is -4.11. The number of carbonyl (C=O) groups excluding carboxylic acids is 1. The van der Waals surface area contributed by atoms with Crippen molar-refractivity contribution in [2.75, 3.05) is 9.93 Å². The lowest BCUT2D eigenvalue weighted by Gasteiger charge is -2.37. The number of rotatable bonds is 8. The highest BCUT2D eigenvalue weighted by atomic mass is 79.9. The molecule has 0 aromatic heterocycles. The number of nitro benzene ring substituents is 1.